The van der Waals surface area contributed by atoms with Crippen LogP contribution in [0.3, 0.4) is 0 Å². The van der Waals surface area contributed by atoms with Gasteiger partial charge >= 0.3 is 0 Å². The average molecular weight is 269 g/mol. The molecule has 0 saturated heterocycles. The van der Waals surface area contributed by atoms with Crippen molar-refractivity contribution in [3.63, 3.8) is 0 Å². The second-order valence-electron chi connectivity index (χ2n) is 4.43. The Bertz CT molecular complexity index is 645. The van der Waals surface area contributed by atoms with E-state index in [9.17, 15) is 10.1 Å². The first-order valence-electron chi connectivity index (χ1n) is 6.17. The van der Waals surface area contributed by atoms with Gasteiger partial charge in [-0.15, -0.1) is 0 Å². The van der Waals surface area contributed by atoms with Crippen LogP contribution >= 0.6 is 0 Å². The van der Waals surface area contributed by atoms with Crippen molar-refractivity contribution in [3.8, 4) is 5.75 Å². The molecule has 0 unspecified atom stereocenters. The summed E-state index contributed by atoms with van der Waals surface area (Å²) >= 11 is 0. The lowest BCUT2D eigenvalue weighted by molar-refractivity contribution is -0.385. The molecule has 0 aliphatic rings. The minimum atomic E-state index is -0.360. The summed E-state index contributed by atoms with van der Waals surface area (Å²) < 4.78 is 5.08. The smallest absolute Gasteiger partial charge is 0.276 e. The van der Waals surface area contributed by atoms with Crippen molar-refractivity contribution >= 4 is 17.8 Å². The second kappa shape index (κ2) is 6.02. The van der Waals surface area contributed by atoms with Crippen LogP contribution in [0.15, 0.2) is 42.5 Å². The van der Waals surface area contributed by atoms with Gasteiger partial charge in [0.25, 0.3) is 5.69 Å². The monoisotopic (exact) mass is 269 g/mol. The summed E-state index contributed by atoms with van der Waals surface area (Å²) in [6, 6.07) is 12.7. The number of aryl methyl sites for hydroxylation is 1. The van der Waals surface area contributed by atoms with E-state index in [0.717, 1.165) is 16.9 Å². The van der Waals surface area contributed by atoms with Crippen LogP contribution in [0.1, 0.15) is 16.7 Å². The predicted molar refractivity (Wildman–Crippen MR) is 79.8 cm³/mol. The van der Waals surface area contributed by atoms with E-state index in [1.165, 1.54) is 0 Å². The molecule has 0 bridgehead atoms. The van der Waals surface area contributed by atoms with Crippen LogP contribution < -0.4 is 4.74 Å². The summed E-state index contributed by atoms with van der Waals surface area (Å²) in [6.07, 6.45) is 3.59. The fourth-order valence-electron chi connectivity index (χ4n) is 1.85. The van der Waals surface area contributed by atoms with Gasteiger partial charge in [0.2, 0.25) is 0 Å². The molecular formula is C16H15NO3. The quantitative estimate of drug-likeness (QED) is 0.477. The highest BCUT2D eigenvalue weighted by molar-refractivity contribution is 5.74. The third-order valence-corrected chi connectivity index (χ3v) is 2.95. The van der Waals surface area contributed by atoms with Crippen molar-refractivity contribution in [1.82, 2.24) is 0 Å². The molecule has 0 aromatic heterocycles. The van der Waals surface area contributed by atoms with Crippen LogP contribution in [0.2, 0.25) is 0 Å². The van der Waals surface area contributed by atoms with Crippen molar-refractivity contribution in [2.75, 3.05) is 7.11 Å². The van der Waals surface area contributed by atoms with Crippen LogP contribution in [0.5, 0.6) is 5.75 Å². The molecule has 0 amide bonds. The summed E-state index contributed by atoms with van der Waals surface area (Å²) in [4.78, 5) is 10.7. The molecule has 0 radical (unpaired) electrons. The average Bonchev–Trinajstić information content (AvgIpc) is 2.46. The lowest BCUT2D eigenvalue weighted by Gasteiger charge is -2.01. The zero-order valence-electron chi connectivity index (χ0n) is 11.4. The fraction of sp³-hybridized carbons (Fsp3) is 0.125. The number of methoxy groups -OCH3 is 1. The molecule has 0 heterocycles. The van der Waals surface area contributed by atoms with Gasteiger partial charge in [0.15, 0.2) is 0 Å². The lowest BCUT2D eigenvalue weighted by atomic mass is 10.1. The van der Waals surface area contributed by atoms with Crippen molar-refractivity contribution in [2.45, 2.75) is 6.92 Å². The van der Waals surface area contributed by atoms with Gasteiger partial charge in [-0.3, -0.25) is 10.1 Å². The van der Waals surface area contributed by atoms with Gasteiger partial charge in [-0.05, 0) is 42.3 Å². The first-order valence-corrected chi connectivity index (χ1v) is 6.17. The van der Waals surface area contributed by atoms with Gasteiger partial charge in [-0.1, -0.05) is 24.3 Å². The molecule has 2 aromatic carbocycles. The van der Waals surface area contributed by atoms with Crippen LogP contribution in [-0.4, -0.2) is 12.0 Å². The first-order chi connectivity index (χ1) is 9.60. The molecule has 20 heavy (non-hydrogen) atoms. The minimum Gasteiger partial charge on any atom is -0.497 e. The molecule has 0 saturated carbocycles. The molecular weight excluding hydrogens is 254 g/mol. The number of nitro groups is 1. The van der Waals surface area contributed by atoms with E-state index >= 15 is 0 Å². The Morgan fingerprint density at radius 1 is 1.10 bits per heavy atom. The number of ether oxygens (including phenoxy) is 1. The first kappa shape index (κ1) is 13.8. The maximum atomic E-state index is 11.0. The molecule has 2 rings (SSSR count). The molecule has 4 heteroatoms. The number of nitrogens with zero attached hydrogens (tertiary/aromatic N) is 1. The van der Waals surface area contributed by atoms with Crippen molar-refractivity contribution in [1.29, 1.82) is 0 Å². The Morgan fingerprint density at radius 2 is 1.80 bits per heavy atom. The number of rotatable bonds is 4. The number of hydrogen-bond acceptors (Lipinski definition) is 3. The van der Waals surface area contributed by atoms with E-state index in [1.807, 2.05) is 43.3 Å². The third-order valence-electron chi connectivity index (χ3n) is 2.95. The Balaban J connectivity index is 2.28. The lowest BCUT2D eigenvalue weighted by Crippen LogP contribution is -1.92. The van der Waals surface area contributed by atoms with Crippen LogP contribution in [0.4, 0.5) is 5.69 Å². The molecule has 0 aliphatic carbocycles. The van der Waals surface area contributed by atoms with Crippen molar-refractivity contribution in [3.05, 3.63) is 69.3 Å². The van der Waals surface area contributed by atoms with E-state index in [4.69, 9.17) is 4.74 Å². The van der Waals surface area contributed by atoms with Gasteiger partial charge < -0.3 is 4.74 Å². The van der Waals surface area contributed by atoms with Gasteiger partial charge in [-0.25, -0.2) is 0 Å². The standard InChI is InChI=1S/C16H15NO3/c1-12-3-7-14(16(11-12)17(18)19)8-4-13-5-9-15(20-2)10-6-13/h3-11H,1-2H3/b8-4+. The summed E-state index contributed by atoms with van der Waals surface area (Å²) in [7, 11) is 1.61. The highest BCUT2D eigenvalue weighted by Gasteiger charge is 2.10. The number of nitro benzene ring substituents is 1. The fourth-order valence-corrected chi connectivity index (χ4v) is 1.85. The molecule has 0 fully saturated rings. The summed E-state index contributed by atoms with van der Waals surface area (Å²) in [5, 5.41) is 11.0. The van der Waals surface area contributed by atoms with E-state index in [-0.39, 0.29) is 10.6 Å². The minimum absolute atomic E-state index is 0.120. The van der Waals surface area contributed by atoms with Gasteiger partial charge in [0.05, 0.1) is 17.6 Å². The van der Waals surface area contributed by atoms with E-state index in [2.05, 4.69) is 0 Å². The van der Waals surface area contributed by atoms with E-state index in [1.54, 1.807) is 25.3 Å². The number of hydrogen-bond donors (Lipinski definition) is 0. The molecule has 0 aliphatic heterocycles. The summed E-state index contributed by atoms with van der Waals surface area (Å²) in [5.41, 5.74) is 2.55. The normalized spacial score (nSPS) is 10.7. The van der Waals surface area contributed by atoms with Crippen LogP contribution in [-0.2, 0) is 0 Å². The van der Waals surface area contributed by atoms with E-state index in [0.29, 0.717) is 5.56 Å². The second-order valence-corrected chi connectivity index (χ2v) is 4.43. The van der Waals surface area contributed by atoms with Crippen LogP contribution in [0.25, 0.3) is 12.2 Å². The zero-order chi connectivity index (χ0) is 14.5. The molecule has 0 spiro atoms. The summed E-state index contributed by atoms with van der Waals surface area (Å²) in [6.45, 7) is 1.84. The molecule has 4 nitrogen and oxygen atoms in total. The topological polar surface area (TPSA) is 52.4 Å². The maximum absolute atomic E-state index is 11.0. The highest BCUT2D eigenvalue weighted by Crippen LogP contribution is 2.22. The Labute approximate surface area is 117 Å². The molecule has 0 atom stereocenters. The zero-order valence-corrected chi connectivity index (χ0v) is 11.4. The maximum Gasteiger partial charge on any atom is 0.276 e. The largest absolute Gasteiger partial charge is 0.497 e. The SMILES string of the molecule is COc1ccc(/C=C/c2ccc(C)cc2[N+](=O)[O-])cc1. The Morgan fingerprint density at radius 3 is 2.40 bits per heavy atom. The molecule has 102 valence electrons. The van der Waals surface area contributed by atoms with Gasteiger partial charge in [0, 0.05) is 6.07 Å². The van der Waals surface area contributed by atoms with Gasteiger partial charge in [0.1, 0.15) is 5.75 Å². The Hall–Kier alpha value is -2.62. The van der Waals surface area contributed by atoms with Crippen molar-refractivity contribution in [2.24, 2.45) is 0 Å². The third kappa shape index (κ3) is 3.23. The van der Waals surface area contributed by atoms with Gasteiger partial charge in [-0.2, -0.15) is 0 Å². The van der Waals surface area contributed by atoms with E-state index < -0.39 is 0 Å². The molecule has 2 aromatic rings. The number of benzene rings is 2. The predicted octanol–water partition coefficient (Wildman–Crippen LogP) is 4.08. The van der Waals surface area contributed by atoms with Crippen molar-refractivity contribution < 1.29 is 9.66 Å². The van der Waals surface area contributed by atoms with Crippen LogP contribution in [0, 0.1) is 17.0 Å². The molecule has 0 N–H and O–H groups in total. The highest BCUT2D eigenvalue weighted by atomic mass is 16.6. The Kier molecular flexibility index (Phi) is 4.15. The summed E-state index contributed by atoms with van der Waals surface area (Å²) in [5.74, 6) is 0.781.